The fourth-order valence-electron chi connectivity index (χ4n) is 1.96. The van der Waals surface area contributed by atoms with Crippen LogP contribution in [0.5, 0.6) is 0 Å². The summed E-state index contributed by atoms with van der Waals surface area (Å²) < 4.78 is 5.25. The molecule has 1 saturated heterocycles. The summed E-state index contributed by atoms with van der Waals surface area (Å²) in [6.45, 7) is 1.06. The zero-order chi connectivity index (χ0) is 13.0. The van der Waals surface area contributed by atoms with Gasteiger partial charge in [-0.25, -0.2) is 4.98 Å². The molecule has 0 unspecified atom stereocenters. The smallest absolute Gasteiger partial charge is 0.274 e. The van der Waals surface area contributed by atoms with Gasteiger partial charge in [-0.3, -0.25) is 10.1 Å². The Labute approximate surface area is 104 Å². The van der Waals surface area contributed by atoms with Crippen LogP contribution in [0.15, 0.2) is 18.3 Å². The van der Waals surface area contributed by atoms with Crippen LogP contribution in [-0.4, -0.2) is 40.4 Å². The largest absolute Gasteiger partial charge is 0.394 e. The van der Waals surface area contributed by atoms with E-state index in [9.17, 15) is 15.2 Å². The van der Waals surface area contributed by atoms with E-state index in [0.29, 0.717) is 31.9 Å². The van der Waals surface area contributed by atoms with Crippen LogP contribution in [0.4, 0.5) is 11.5 Å². The highest BCUT2D eigenvalue weighted by atomic mass is 16.6. The highest BCUT2D eigenvalue weighted by Crippen LogP contribution is 2.26. The molecule has 1 aliphatic heterocycles. The monoisotopic (exact) mass is 253 g/mol. The number of nitro groups is 1. The van der Waals surface area contributed by atoms with Crippen LogP contribution >= 0.6 is 0 Å². The molecule has 0 aliphatic carbocycles. The Balaban J connectivity index is 2.16. The standard InChI is InChI=1S/C11H15N3O4/c15-8-11(2-5-18-6-3-11)13-10-7-9(14(16)17)1-4-12-10/h1,4,7,15H,2-3,5-6,8H2,(H,12,13). The lowest BCUT2D eigenvalue weighted by molar-refractivity contribution is -0.384. The van der Waals surface area contributed by atoms with Crippen molar-refractivity contribution >= 4 is 11.5 Å². The zero-order valence-corrected chi connectivity index (χ0v) is 9.83. The minimum absolute atomic E-state index is 0.0207. The molecule has 7 nitrogen and oxygen atoms in total. The van der Waals surface area contributed by atoms with Crippen LogP contribution in [-0.2, 0) is 4.74 Å². The van der Waals surface area contributed by atoms with Gasteiger partial charge in [-0.1, -0.05) is 0 Å². The van der Waals surface area contributed by atoms with Crippen LogP contribution in [0, 0.1) is 10.1 Å². The van der Waals surface area contributed by atoms with Gasteiger partial charge in [0.2, 0.25) is 0 Å². The molecule has 1 aromatic heterocycles. The second kappa shape index (κ2) is 5.28. The lowest BCUT2D eigenvalue weighted by Crippen LogP contribution is -2.47. The number of aliphatic hydroxyl groups is 1. The van der Waals surface area contributed by atoms with E-state index in [1.54, 1.807) is 0 Å². The number of pyridine rings is 1. The van der Waals surface area contributed by atoms with Crippen molar-refractivity contribution in [3.8, 4) is 0 Å². The van der Waals surface area contributed by atoms with E-state index in [2.05, 4.69) is 10.3 Å². The maximum Gasteiger partial charge on any atom is 0.274 e. The summed E-state index contributed by atoms with van der Waals surface area (Å²) in [6.07, 6.45) is 2.67. The predicted molar refractivity (Wildman–Crippen MR) is 64.4 cm³/mol. The van der Waals surface area contributed by atoms with Gasteiger partial charge in [-0.15, -0.1) is 0 Å². The number of nitrogens with zero attached hydrogens (tertiary/aromatic N) is 2. The Hall–Kier alpha value is -1.73. The first-order valence-corrected chi connectivity index (χ1v) is 5.72. The Bertz CT molecular complexity index is 432. The second-order valence-corrected chi connectivity index (χ2v) is 4.33. The summed E-state index contributed by atoms with van der Waals surface area (Å²) in [4.78, 5) is 14.2. The van der Waals surface area contributed by atoms with Crippen LogP contribution < -0.4 is 5.32 Å². The van der Waals surface area contributed by atoms with Gasteiger partial charge in [-0.2, -0.15) is 0 Å². The van der Waals surface area contributed by atoms with Crippen LogP contribution in [0.3, 0.4) is 0 Å². The number of rotatable bonds is 4. The van der Waals surface area contributed by atoms with Crippen molar-refractivity contribution in [2.75, 3.05) is 25.1 Å². The van der Waals surface area contributed by atoms with Gasteiger partial charge in [0.05, 0.1) is 23.1 Å². The molecule has 1 fully saturated rings. The van der Waals surface area contributed by atoms with Crippen molar-refractivity contribution in [3.63, 3.8) is 0 Å². The van der Waals surface area contributed by atoms with Gasteiger partial charge in [0.15, 0.2) is 0 Å². The maximum absolute atomic E-state index is 10.7. The molecule has 0 radical (unpaired) electrons. The number of aromatic nitrogens is 1. The molecule has 0 saturated carbocycles. The molecule has 2 heterocycles. The number of hydrogen-bond acceptors (Lipinski definition) is 6. The molecular weight excluding hydrogens is 238 g/mol. The van der Waals surface area contributed by atoms with Gasteiger partial charge in [-0.05, 0) is 12.8 Å². The van der Waals surface area contributed by atoms with E-state index in [0.717, 1.165) is 0 Å². The molecule has 2 N–H and O–H groups in total. The Morgan fingerprint density at radius 3 is 2.89 bits per heavy atom. The van der Waals surface area contributed by atoms with Crippen LogP contribution in [0.25, 0.3) is 0 Å². The summed E-state index contributed by atoms with van der Waals surface area (Å²) >= 11 is 0. The first kappa shape index (κ1) is 12.7. The van der Waals surface area contributed by atoms with E-state index in [-0.39, 0.29) is 12.3 Å². The van der Waals surface area contributed by atoms with E-state index in [1.807, 2.05) is 0 Å². The van der Waals surface area contributed by atoms with E-state index in [4.69, 9.17) is 4.74 Å². The average molecular weight is 253 g/mol. The first-order chi connectivity index (χ1) is 8.65. The Kier molecular flexibility index (Phi) is 3.73. The molecular formula is C11H15N3O4. The predicted octanol–water partition coefficient (Wildman–Crippen LogP) is 0.943. The molecule has 18 heavy (non-hydrogen) atoms. The molecule has 1 aliphatic rings. The van der Waals surface area contributed by atoms with E-state index >= 15 is 0 Å². The maximum atomic E-state index is 10.7. The molecule has 1 aromatic rings. The van der Waals surface area contributed by atoms with E-state index in [1.165, 1.54) is 18.3 Å². The quantitative estimate of drug-likeness (QED) is 0.612. The lowest BCUT2D eigenvalue weighted by Gasteiger charge is -2.36. The van der Waals surface area contributed by atoms with Crippen molar-refractivity contribution in [2.24, 2.45) is 0 Å². The topological polar surface area (TPSA) is 97.5 Å². The fourth-order valence-corrected chi connectivity index (χ4v) is 1.96. The molecule has 0 spiro atoms. The second-order valence-electron chi connectivity index (χ2n) is 4.33. The van der Waals surface area contributed by atoms with E-state index < -0.39 is 10.5 Å². The number of anilines is 1. The summed E-state index contributed by atoms with van der Waals surface area (Å²) in [5.74, 6) is 0.403. The van der Waals surface area contributed by atoms with Crippen molar-refractivity contribution in [1.29, 1.82) is 0 Å². The Morgan fingerprint density at radius 1 is 1.56 bits per heavy atom. The number of hydrogen-bond donors (Lipinski definition) is 2. The molecule has 2 rings (SSSR count). The third-order valence-electron chi connectivity index (χ3n) is 3.10. The SMILES string of the molecule is O=[N+]([O-])c1ccnc(NC2(CO)CCOCC2)c1. The number of ether oxygens (including phenoxy) is 1. The summed E-state index contributed by atoms with van der Waals surface area (Å²) in [5.41, 5.74) is -0.520. The highest BCUT2D eigenvalue weighted by molar-refractivity contribution is 5.46. The molecule has 0 atom stereocenters. The van der Waals surface area contributed by atoms with Crippen LogP contribution in [0.2, 0.25) is 0 Å². The summed E-state index contributed by atoms with van der Waals surface area (Å²) in [6, 6.07) is 2.70. The van der Waals surface area contributed by atoms with Gasteiger partial charge in [0, 0.05) is 25.5 Å². The Morgan fingerprint density at radius 2 is 2.28 bits per heavy atom. The van der Waals surface area contributed by atoms with Crippen molar-refractivity contribution in [2.45, 2.75) is 18.4 Å². The van der Waals surface area contributed by atoms with Crippen molar-refractivity contribution < 1.29 is 14.8 Å². The lowest BCUT2D eigenvalue weighted by atomic mass is 9.91. The third-order valence-corrected chi connectivity index (χ3v) is 3.10. The number of nitrogens with one attached hydrogen (secondary N) is 1. The van der Waals surface area contributed by atoms with Gasteiger partial charge in [0.1, 0.15) is 5.82 Å². The number of aliphatic hydroxyl groups excluding tert-OH is 1. The first-order valence-electron chi connectivity index (χ1n) is 5.72. The minimum atomic E-state index is -0.500. The summed E-state index contributed by atoms with van der Waals surface area (Å²) in [5, 5.41) is 23.3. The highest BCUT2D eigenvalue weighted by Gasteiger charge is 2.32. The molecule has 0 amide bonds. The van der Waals surface area contributed by atoms with Crippen molar-refractivity contribution in [1.82, 2.24) is 4.98 Å². The molecule has 0 aromatic carbocycles. The van der Waals surface area contributed by atoms with Gasteiger partial charge in [0.25, 0.3) is 5.69 Å². The summed E-state index contributed by atoms with van der Waals surface area (Å²) in [7, 11) is 0. The zero-order valence-electron chi connectivity index (χ0n) is 9.83. The molecule has 98 valence electrons. The van der Waals surface area contributed by atoms with Gasteiger partial charge < -0.3 is 15.2 Å². The van der Waals surface area contributed by atoms with Crippen molar-refractivity contribution in [3.05, 3.63) is 28.4 Å². The fraction of sp³-hybridized carbons (Fsp3) is 0.545. The third kappa shape index (κ3) is 2.74. The molecule has 0 bridgehead atoms. The van der Waals surface area contributed by atoms with Gasteiger partial charge >= 0.3 is 0 Å². The van der Waals surface area contributed by atoms with Crippen LogP contribution in [0.1, 0.15) is 12.8 Å². The average Bonchev–Trinajstić information content (AvgIpc) is 2.40. The normalized spacial score (nSPS) is 18.3. The molecule has 7 heteroatoms. The minimum Gasteiger partial charge on any atom is -0.394 e.